The molecule has 2 aliphatic rings. The monoisotopic (exact) mass is 751 g/mol. The van der Waals surface area contributed by atoms with Crippen LogP contribution >= 0.6 is 11.6 Å². The first-order chi connectivity index (χ1) is 24.6. The minimum atomic E-state index is -5.08. The van der Waals surface area contributed by atoms with Crippen molar-refractivity contribution in [3.05, 3.63) is 88.9 Å². The fourth-order valence-corrected chi connectivity index (χ4v) is 6.03. The molecular weight excluding hydrogens is 713 g/mol. The van der Waals surface area contributed by atoms with Crippen LogP contribution in [0.2, 0.25) is 5.02 Å². The maximum absolute atomic E-state index is 16.2. The van der Waals surface area contributed by atoms with E-state index < -0.39 is 47.3 Å². The maximum atomic E-state index is 16.2. The van der Waals surface area contributed by atoms with E-state index in [1.54, 1.807) is 36.4 Å². The van der Waals surface area contributed by atoms with Crippen molar-refractivity contribution >= 4 is 35.2 Å². The Balaban J connectivity index is 0.000000785. The third-order valence-electron chi connectivity index (χ3n) is 8.96. The Morgan fingerprint density at radius 1 is 0.827 bits per heavy atom. The highest BCUT2D eigenvalue weighted by atomic mass is 35.5. The van der Waals surface area contributed by atoms with Crippen LogP contribution < -0.4 is 15.8 Å². The predicted molar refractivity (Wildman–Crippen MR) is 183 cm³/mol. The zero-order valence-corrected chi connectivity index (χ0v) is 28.8. The average Bonchev–Trinajstić information content (AvgIpc) is 3.13. The van der Waals surface area contributed by atoms with Gasteiger partial charge in [-0.25, -0.2) is 4.79 Å². The second-order valence-electron chi connectivity index (χ2n) is 12.7. The van der Waals surface area contributed by atoms with Crippen molar-refractivity contribution in [1.82, 2.24) is 10.2 Å². The number of aliphatic carboxylic acids is 1. The number of carboxylic acid groups (broad SMARTS) is 1. The zero-order chi connectivity index (χ0) is 38.1. The molecule has 280 valence electrons. The van der Waals surface area contributed by atoms with E-state index in [1.807, 2.05) is 0 Å². The summed E-state index contributed by atoms with van der Waals surface area (Å²) >= 11 is 5.96. The number of ether oxygens (including phenoxy) is 1. The van der Waals surface area contributed by atoms with E-state index in [2.05, 4.69) is 5.32 Å². The number of benzene rings is 3. The zero-order valence-electron chi connectivity index (χ0n) is 28.0. The Hall–Kier alpha value is -4.56. The van der Waals surface area contributed by atoms with Crippen LogP contribution in [0, 0.1) is 5.92 Å². The summed E-state index contributed by atoms with van der Waals surface area (Å²) in [6.45, 7) is 0.928. The highest BCUT2D eigenvalue weighted by molar-refractivity contribution is 6.43. The number of hydrogen-bond acceptors (Lipinski definition) is 6. The van der Waals surface area contributed by atoms with Crippen LogP contribution in [-0.4, -0.2) is 71.5 Å². The maximum Gasteiger partial charge on any atom is 0.490 e. The van der Waals surface area contributed by atoms with Crippen molar-refractivity contribution in [3.63, 3.8) is 0 Å². The molecule has 52 heavy (non-hydrogen) atoms. The Morgan fingerprint density at radius 3 is 1.87 bits per heavy atom. The summed E-state index contributed by atoms with van der Waals surface area (Å²) in [6.07, 6.45) is 1.69. The number of rotatable bonds is 10. The molecule has 0 spiro atoms. The number of nitrogens with zero attached hydrogens (tertiary/aromatic N) is 1. The molecule has 0 bridgehead atoms. The van der Waals surface area contributed by atoms with Gasteiger partial charge in [0.05, 0.1) is 6.61 Å². The molecule has 1 saturated carbocycles. The van der Waals surface area contributed by atoms with Gasteiger partial charge in [-0.05, 0) is 79.1 Å². The normalized spacial score (nSPS) is 16.2. The SMILES string of the molecule is NC1CCN(C(=O)[C@H](NC(=O)C(=O)c2ccc(OCC3CCCCC3)cc2)C(F)(F)c2ccc(-c3ccc(Cl)cc3)cc2)CC1.O=C(O)C(F)(F)F. The van der Waals surface area contributed by atoms with Crippen molar-refractivity contribution in [2.75, 3.05) is 19.7 Å². The van der Waals surface area contributed by atoms with E-state index in [0.717, 1.165) is 18.4 Å². The molecule has 3 aromatic carbocycles. The largest absolute Gasteiger partial charge is 0.493 e. The molecule has 0 aromatic heterocycles. The lowest BCUT2D eigenvalue weighted by atomic mass is 9.90. The van der Waals surface area contributed by atoms with Crippen LogP contribution in [0.4, 0.5) is 22.0 Å². The highest BCUT2D eigenvalue weighted by Crippen LogP contribution is 2.35. The lowest BCUT2D eigenvalue weighted by Crippen LogP contribution is -2.59. The number of halogens is 6. The highest BCUT2D eigenvalue weighted by Gasteiger charge is 2.49. The van der Waals surface area contributed by atoms with E-state index in [0.29, 0.717) is 41.7 Å². The summed E-state index contributed by atoms with van der Waals surface area (Å²) in [4.78, 5) is 49.9. The predicted octanol–water partition coefficient (Wildman–Crippen LogP) is 7.01. The standard InChI is InChI=1S/C35H38ClF2N3O4.C2HF3O2/c36-28-14-8-25(9-15-28)24-6-12-27(13-7-24)35(37,38)32(34(44)41-20-18-29(39)19-21-41)40-33(43)31(42)26-10-16-30(17-11-26)45-22-23-4-2-1-3-5-23;3-2(4,5)1(6)7/h6-17,23,29,32H,1-5,18-22,39H2,(H,40,43);(H,6,7)/t32-;/m0./s1. The van der Waals surface area contributed by atoms with Gasteiger partial charge in [0.15, 0.2) is 6.04 Å². The smallest absolute Gasteiger partial charge is 0.490 e. The Morgan fingerprint density at radius 2 is 1.35 bits per heavy atom. The number of nitrogens with two attached hydrogens (primary N) is 1. The molecule has 0 radical (unpaired) electrons. The fourth-order valence-electron chi connectivity index (χ4n) is 5.90. The molecule has 0 unspecified atom stereocenters. The molecular formula is C37H39ClF5N3O6. The molecule has 1 heterocycles. The number of carbonyl (C=O) groups is 4. The summed E-state index contributed by atoms with van der Waals surface area (Å²) in [5.41, 5.74) is 6.93. The van der Waals surface area contributed by atoms with Crippen LogP contribution in [0.25, 0.3) is 11.1 Å². The first-order valence-corrected chi connectivity index (χ1v) is 17.1. The number of likely N-dealkylation sites (tertiary alicyclic amines) is 1. The molecule has 9 nitrogen and oxygen atoms in total. The Bertz CT molecular complexity index is 1670. The van der Waals surface area contributed by atoms with Gasteiger partial charge in [0.2, 0.25) is 5.78 Å². The van der Waals surface area contributed by atoms with Gasteiger partial charge in [-0.1, -0.05) is 67.3 Å². The lowest BCUT2D eigenvalue weighted by molar-refractivity contribution is -0.192. The van der Waals surface area contributed by atoms with E-state index in [4.69, 9.17) is 32.0 Å². The molecule has 1 aliphatic carbocycles. The number of carboxylic acids is 1. The van der Waals surface area contributed by atoms with Gasteiger partial charge in [-0.15, -0.1) is 0 Å². The van der Waals surface area contributed by atoms with Gasteiger partial charge in [0.1, 0.15) is 5.75 Å². The van der Waals surface area contributed by atoms with Gasteiger partial charge in [-0.2, -0.15) is 22.0 Å². The summed E-state index contributed by atoms with van der Waals surface area (Å²) in [5.74, 6) is -8.83. The Kier molecular flexibility index (Phi) is 13.7. The number of Topliss-reactive ketones (excluding diaryl/α,β-unsaturated/α-hetero) is 1. The van der Waals surface area contributed by atoms with Gasteiger partial charge < -0.3 is 25.8 Å². The number of alkyl halides is 5. The van der Waals surface area contributed by atoms with Crippen molar-refractivity contribution in [1.29, 1.82) is 0 Å². The summed E-state index contributed by atoms with van der Waals surface area (Å²) < 4.78 is 70.0. The number of piperidine rings is 1. The van der Waals surface area contributed by atoms with Crippen LogP contribution in [0.3, 0.4) is 0 Å². The molecule has 1 atom stereocenters. The number of nitrogens with one attached hydrogen (secondary N) is 1. The molecule has 3 aromatic rings. The van der Waals surface area contributed by atoms with E-state index in [1.165, 1.54) is 60.6 Å². The van der Waals surface area contributed by atoms with Crippen LogP contribution in [0.1, 0.15) is 60.9 Å². The van der Waals surface area contributed by atoms with Crippen LogP contribution in [0.5, 0.6) is 5.75 Å². The molecule has 5 rings (SSSR count). The van der Waals surface area contributed by atoms with Crippen LogP contribution in [-0.2, 0) is 20.3 Å². The summed E-state index contributed by atoms with van der Waals surface area (Å²) in [5, 5.41) is 9.76. The summed E-state index contributed by atoms with van der Waals surface area (Å²) in [6, 6.07) is 16.0. The second-order valence-corrected chi connectivity index (χ2v) is 13.2. The fraction of sp³-hybridized carbons (Fsp3) is 0.405. The average molecular weight is 752 g/mol. The quantitative estimate of drug-likeness (QED) is 0.115. The third-order valence-corrected chi connectivity index (χ3v) is 9.21. The van der Waals surface area contributed by atoms with Crippen LogP contribution in [0.15, 0.2) is 72.8 Å². The minimum Gasteiger partial charge on any atom is -0.493 e. The van der Waals surface area contributed by atoms with Gasteiger partial charge in [-0.3, -0.25) is 14.4 Å². The molecule has 4 N–H and O–H groups in total. The molecule has 2 fully saturated rings. The Labute approximate surface area is 302 Å². The summed E-state index contributed by atoms with van der Waals surface area (Å²) in [7, 11) is 0. The van der Waals surface area contributed by atoms with Crippen molar-refractivity contribution in [2.24, 2.45) is 11.7 Å². The number of amides is 2. The number of hydrogen-bond donors (Lipinski definition) is 3. The minimum absolute atomic E-state index is 0.00305. The first kappa shape index (κ1) is 40.2. The van der Waals surface area contributed by atoms with E-state index in [-0.39, 0.29) is 24.7 Å². The first-order valence-electron chi connectivity index (χ1n) is 16.7. The van der Waals surface area contributed by atoms with Crippen molar-refractivity contribution < 1.29 is 51.0 Å². The topological polar surface area (TPSA) is 139 Å². The van der Waals surface area contributed by atoms with Crippen molar-refractivity contribution in [3.8, 4) is 16.9 Å². The second kappa shape index (κ2) is 17.8. The molecule has 1 aliphatic heterocycles. The number of ketones is 1. The lowest BCUT2D eigenvalue weighted by Gasteiger charge is -2.35. The van der Waals surface area contributed by atoms with Gasteiger partial charge in [0.25, 0.3) is 11.8 Å². The number of carbonyl (C=O) groups excluding carboxylic acids is 3. The van der Waals surface area contributed by atoms with Crippen molar-refractivity contribution in [2.45, 2.75) is 69.1 Å². The molecule has 15 heteroatoms. The van der Waals surface area contributed by atoms with E-state index >= 15 is 8.78 Å². The molecule has 1 saturated heterocycles. The van der Waals surface area contributed by atoms with E-state index in [9.17, 15) is 27.6 Å². The molecule has 2 amide bonds. The van der Waals surface area contributed by atoms with Gasteiger partial charge >= 0.3 is 18.1 Å². The third kappa shape index (κ3) is 11.0. The van der Waals surface area contributed by atoms with Gasteiger partial charge in [0, 0.05) is 35.3 Å².